The number of para-hydroxylation sites is 2. The van der Waals surface area contributed by atoms with E-state index in [4.69, 9.17) is 23.2 Å². The van der Waals surface area contributed by atoms with Crippen molar-refractivity contribution in [3.63, 3.8) is 0 Å². The summed E-state index contributed by atoms with van der Waals surface area (Å²) in [5.74, 6) is 0. The number of nitrogens with zero attached hydrogens (tertiary/aromatic N) is 2. The van der Waals surface area contributed by atoms with Crippen molar-refractivity contribution in [1.29, 1.82) is 0 Å². The lowest BCUT2D eigenvalue weighted by molar-refractivity contribution is 0.260. The Bertz CT molecular complexity index is 816. The Labute approximate surface area is 130 Å². The van der Waals surface area contributed by atoms with Gasteiger partial charge in [-0.25, -0.2) is 19.9 Å². The Morgan fingerprint density at radius 1 is 1.10 bits per heavy atom. The highest BCUT2D eigenvalue weighted by atomic mass is 35.5. The summed E-state index contributed by atoms with van der Waals surface area (Å²) in [6, 6.07) is 11.9. The smallest absolute Gasteiger partial charge is 0.307 e. The van der Waals surface area contributed by atoms with Gasteiger partial charge in [0.2, 0.25) is 0 Å². The van der Waals surface area contributed by atoms with Gasteiger partial charge in [0.25, 0.3) is 0 Å². The Morgan fingerprint density at radius 3 is 2.71 bits per heavy atom. The number of halogens is 2. The molecule has 0 bridgehead atoms. The summed E-state index contributed by atoms with van der Waals surface area (Å²) in [4.78, 5) is 16.2. The fourth-order valence-corrected chi connectivity index (χ4v) is 2.19. The van der Waals surface area contributed by atoms with Crippen molar-refractivity contribution in [3.8, 4) is 0 Å². The number of fused-ring (bicyclic) bond motifs is 1. The van der Waals surface area contributed by atoms with Crippen LogP contribution >= 0.6 is 23.2 Å². The third-order valence-electron chi connectivity index (χ3n) is 2.85. The Morgan fingerprint density at radius 2 is 1.90 bits per heavy atom. The van der Waals surface area contributed by atoms with Crippen LogP contribution in [-0.2, 0) is 0 Å². The number of hydrogen-bond acceptors (Lipinski definition) is 2. The first-order valence-corrected chi connectivity index (χ1v) is 6.84. The molecule has 2 aromatic carbocycles. The van der Waals surface area contributed by atoms with E-state index in [1.807, 2.05) is 24.3 Å². The summed E-state index contributed by atoms with van der Waals surface area (Å²) in [5.41, 5.74) is 4.83. The van der Waals surface area contributed by atoms with Crippen LogP contribution < -0.4 is 10.7 Å². The molecule has 0 spiro atoms. The van der Waals surface area contributed by atoms with E-state index in [1.165, 1.54) is 0 Å². The van der Waals surface area contributed by atoms with Gasteiger partial charge < -0.3 is 5.32 Å². The van der Waals surface area contributed by atoms with Gasteiger partial charge in [0.15, 0.2) is 0 Å². The van der Waals surface area contributed by atoms with Crippen molar-refractivity contribution in [2.45, 2.75) is 0 Å². The maximum Gasteiger partial charge on any atom is 0.338 e. The largest absolute Gasteiger partial charge is 0.338 e. The van der Waals surface area contributed by atoms with Gasteiger partial charge in [-0.05, 0) is 30.3 Å². The van der Waals surface area contributed by atoms with Crippen molar-refractivity contribution < 1.29 is 4.79 Å². The zero-order valence-electron chi connectivity index (χ0n) is 10.7. The molecule has 106 valence electrons. The number of aromatic nitrogens is 2. The number of nitrogens with one attached hydrogen (secondary N) is 2. The summed E-state index contributed by atoms with van der Waals surface area (Å²) in [5, 5.41) is 3.48. The van der Waals surface area contributed by atoms with Crippen LogP contribution in [0.4, 0.5) is 10.5 Å². The number of carbonyl (C=O) groups excluding carboxylic acids is 1. The van der Waals surface area contributed by atoms with Gasteiger partial charge in [-0.15, -0.1) is 0 Å². The predicted molar refractivity (Wildman–Crippen MR) is 84.6 cm³/mol. The molecule has 0 fully saturated rings. The zero-order chi connectivity index (χ0) is 14.8. The first-order valence-electron chi connectivity index (χ1n) is 6.08. The summed E-state index contributed by atoms with van der Waals surface area (Å²) < 4.78 is 1.54. The van der Waals surface area contributed by atoms with Gasteiger partial charge in [-0.1, -0.05) is 35.3 Å². The molecule has 0 atom stereocenters. The maximum atomic E-state index is 12.0. The molecule has 0 saturated heterocycles. The molecule has 3 rings (SSSR count). The van der Waals surface area contributed by atoms with Crippen LogP contribution in [0.25, 0.3) is 11.0 Å². The second-order valence-electron chi connectivity index (χ2n) is 4.30. The summed E-state index contributed by atoms with van der Waals surface area (Å²) in [6.45, 7) is 0. The van der Waals surface area contributed by atoms with Crippen molar-refractivity contribution in [1.82, 2.24) is 9.66 Å². The second kappa shape index (κ2) is 5.63. The monoisotopic (exact) mass is 320 g/mol. The van der Waals surface area contributed by atoms with E-state index in [1.54, 1.807) is 29.2 Å². The van der Waals surface area contributed by atoms with Crippen LogP contribution in [0.3, 0.4) is 0 Å². The molecule has 21 heavy (non-hydrogen) atoms. The minimum atomic E-state index is -0.406. The van der Waals surface area contributed by atoms with E-state index in [2.05, 4.69) is 15.7 Å². The Kier molecular flexibility index (Phi) is 3.68. The van der Waals surface area contributed by atoms with Crippen molar-refractivity contribution in [2.75, 3.05) is 10.7 Å². The lowest BCUT2D eigenvalue weighted by Crippen LogP contribution is -2.27. The van der Waals surface area contributed by atoms with Gasteiger partial charge in [-0.2, -0.15) is 0 Å². The van der Waals surface area contributed by atoms with Crippen LogP contribution in [0.2, 0.25) is 10.0 Å². The molecule has 0 unspecified atom stereocenters. The van der Waals surface area contributed by atoms with Crippen molar-refractivity contribution >= 4 is 46.0 Å². The molecular weight excluding hydrogens is 311 g/mol. The van der Waals surface area contributed by atoms with Crippen molar-refractivity contribution in [2.24, 2.45) is 0 Å². The number of urea groups is 1. The number of imidazole rings is 1. The van der Waals surface area contributed by atoms with E-state index in [-0.39, 0.29) is 0 Å². The van der Waals surface area contributed by atoms with E-state index in [9.17, 15) is 4.79 Å². The van der Waals surface area contributed by atoms with E-state index in [0.717, 1.165) is 11.0 Å². The summed E-state index contributed by atoms with van der Waals surface area (Å²) >= 11 is 11.7. The highest BCUT2D eigenvalue weighted by Crippen LogP contribution is 2.24. The molecule has 5 nitrogen and oxygen atoms in total. The molecule has 0 aliphatic carbocycles. The topological polar surface area (TPSA) is 59.0 Å². The molecule has 3 aromatic rings. The highest BCUT2D eigenvalue weighted by molar-refractivity contribution is 6.42. The van der Waals surface area contributed by atoms with Gasteiger partial charge in [0, 0.05) is 5.69 Å². The number of anilines is 1. The zero-order valence-corrected chi connectivity index (χ0v) is 12.2. The normalized spacial score (nSPS) is 10.6. The Hall–Kier alpha value is -2.24. The Balaban J connectivity index is 1.75. The minimum Gasteiger partial charge on any atom is -0.307 e. The average Bonchev–Trinajstić information content (AvgIpc) is 2.86. The molecule has 2 amide bonds. The van der Waals surface area contributed by atoms with Gasteiger partial charge in [0.1, 0.15) is 6.33 Å². The molecule has 2 N–H and O–H groups in total. The van der Waals surface area contributed by atoms with Gasteiger partial charge in [0.05, 0.1) is 21.1 Å². The van der Waals surface area contributed by atoms with Gasteiger partial charge >= 0.3 is 6.03 Å². The molecule has 1 aromatic heterocycles. The second-order valence-corrected chi connectivity index (χ2v) is 5.11. The molecule has 0 saturated carbocycles. The number of rotatable bonds is 2. The number of benzene rings is 2. The van der Waals surface area contributed by atoms with Crippen LogP contribution in [-0.4, -0.2) is 15.7 Å². The molecule has 0 aliphatic heterocycles. The maximum absolute atomic E-state index is 12.0. The lowest BCUT2D eigenvalue weighted by Gasteiger charge is -2.09. The number of hydrogen-bond donors (Lipinski definition) is 2. The summed E-state index contributed by atoms with van der Waals surface area (Å²) in [7, 11) is 0. The molecular formula is C14H10Cl2N4O. The summed E-state index contributed by atoms with van der Waals surface area (Å²) in [6.07, 6.45) is 1.54. The average molecular weight is 321 g/mol. The van der Waals surface area contributed by atoms with E-state index in [0.29, 0.717) is 15.7 Å². The third kappa shape index (κ3) is 2.94. The van der Waals surface area contributed by atoms with Crippen molar-refractivity contribution in [3.05, 3.63) is 58.8 Å². The quantitative estimate of drug-likeness (QED) is 0.746. The van der Waals surface area contributed by atoms with Crippen LogP contribution in [0.5, 0.6) is 0 Å². The van der Waals surface area contributed by atoms with Crippen LogP contribution in [0.15, 0.2) is 48.8 Å². The first-order chi connectivity index (χ1) is 10.1. The predicted octanol–water partition coefficient (Wildman–Crippen LogP) is 4.12. The fourth-order valence-electron chi connectivity index (χ4n) is 1.89. The molecule has 0 aliphatic rings. The number of amides is 2. The first kappa shape index (κ1) is 13.7. The van der Waals surface area contributed by atoms with Crippen LogP contribution in [0.1, 0.15) is 0 Å². The lowest BCUT2D eigenvalue weighted by atomic mass is 10.3. The number of carbonyl (C=O) groups is 1. The molecule has 7 heteroatoms. The SMILES string of the molecule is O=C(Nc1ccc(Cl)c(Cl)c1)Nn1cnc2ccccc21. The van der Waals surface area contributed by atoms with E-state index < -0.39 is 6.03 Å². The minimum absolute atomic E-state index is 0.377. The van der Waals surface area contributed by atoms with E-state index >= 15 is 0 Å². The third-order valence-corrected chi connectivity index (χ3v) is 3.59. The highest BCUT2D eigenvalue weighted by Gasteiger charge is 2.07. The van der Waals surface area contributed by atoms with Crippen LogP contribution in [0, 0.1) is 0 Å². The molecule has 0 radical (unpaired) electrons. The molecule has 1 heterocycles. The van der Waals surface area contributed by atoms with Gasteiger partial charge in [-0.3, -0.25) is 0 Å². The fraction of sp³-hybridized carbons (Fsp3) is 0. The standard InChI is InChI=1S/C14H10Cl2N4O/c15-10-6-5-9(7-11(10)16)18-14(21)19-20-8-17-12-3-1-2-4-13(12)20/h1-8H,(H2,18,19,21).